The standard InChI is InChI=1S/C20H18F3NO3.C2H6/c1-3-24-16(10-13-4-7-17(8-5-13)27-20(21,22)23)12-15-11-14(19(25)26-2)6-9-18(15)24;1-2/h4-9,11-12H,3,10H2,1-2H3;1-2H3. The molecule has 156 valence electrons. The summed E-state index contributed by atoms with van der Waals surface area (Å²) in [6, 6.07) is 13.2. The molecule has 1 heterocycles. The predicted molar refractivity (Wildman–Crippen MR) is 106 cm³/mol. The van der Waals surface area contributed by atoms with Crippen LogP contribution in [0.5, 0.6) is 5.75 Å². The van der Waals surface area contributed by atoms with Crippen molar-refractivity contribution in [2.75, 3.05) is 7.11 Å². The molecule has 4 nitrogen and oxygen atoms in total. The molecule has 0 atom stereocenters. The summed E-state index contributed by atoms with van der Waals surface area (Å²) in [5.41, 5.74) is 3.31. The number of carbonyl (C=O) groups excluding carboxylic acids is 1. The van der Waals surface area contributed by atoms with Gasteiger partial charge in [0.05, 0.1) is 12.7 Å². The van der Waals surface area contributed by atoms with Gasteiger partial charge in [0.1, 0.15) is 5.75 Å². The number of hydrogen-bond donors (Lipinski definition) is 0. The van der Waals surface area contributed by atoms with Crippen LogP contribution in [-0.4, -0.2) is 24.0 Å². The summed E-state index contributed by atoms with van der Waals surface area (Å²) in [7, 11) is 1.33. The van der Waals surface area contributed by atoms with E-state index in [4.69, 9.17) is 4.74 Å². The highest BCUT2D eigenvalue weighted by molar-refractivity contribution is 5.95. The molecule has 0 aliphatic carbocycles. The van der Waals surface area contributed by atoms with E-state index in [0.717, 1.165) is 28.7 Å². The monoisotopic (exact) mass is 407 g/mol. The van der Waals surface area contributed by atoms with E-state index in [1.807, 2.05) is 32.9 Å². The molecule has 0 saturated heterocycles. The summed E-state index contributed by atoms with van der Waals surface area (Å²) in [5.74, 6) is -0.645. The fourth-order valence-corrected chi connectivity index (χ4v) is 3.11. The molecule has 3 rings (SSSR count). The van der Waals surface area contributed by atoms with Gasteiger partial charge in [-0.05, 0) is 48.9 Å². The first-order valence-electron chi connectivity index (χ1n) is 9.36. The Hall–Kier alpha value is -2.96. The average molecular weight is 407 g/mol. The maximum Gasteiger partial charge on any atom is 0.573 e. The number of ether oxygens (including phenoxy) is 2. The first kappa shape index (κ1) is 22.3. The maximum atomic E-state index is 12.3. The van der Waals surface area contributed by atoms with E-state index in [9.17, 15) is 18.0 Å². The first-order valence-corrected chi connectivity index (χ1v) is 9.36. The van der Waals surface area contributed by atoms with Gasteiger partial charge in [0.15, 0.2) is 0 Å². The summed E-state index contributed by atoms with van der Waals surface area (Å²) in [6.45, 7) is 6.74. The fourth-order valence-electron chi connectivity index (χ4n) is 3.11. The van der Waals surface area contributed by atoms with Crippen molar-refractivity contribution in [1.82, 2.24) is 4.57 Å². The number of benzene rings is 2. The second kappa shape index (κ2) is 9.49. The van der Waals surface area contributed by atoms with Crippen LogP contribution >= 0.6 is 0 Å². The predicted octanol–water partition coefficient (Wildman–Crippen LogP) is 5.96. The molecule has 0 saturated carbocycles. The lowest BCUT2D eigenvalue weighted by Gasteiger charge is -2.10. The zero-order valence-electron chi connectivity index (χ0n) is 16.8. The Morgan fingerprint density at radius 1 is 1.03 bits per heavy atom. The van der Waals surface area contributed by atoms with Gasteiger partial charge in [0, 0.05) is 29.6 Å². The Morgan fingerprint density at radius 2 is 1.69 bits per heavy atom. The van der Waals surface area contributed by atoms with Crippen LogP contribution in [0.25, 0.3) is 10.9 Å². The minimum atomic E-state index is -4.70. The number of hydrogen-bond acceptors (Lipinski definition) is 3. The number of rotatable bonds is 5. The van der Waals surface area contributed by atoms with Crippen LogP contribution < -0.4 is 4.74 Å². The average Bonchev–Trinajstić information content (AvgIpc) is 3.05. The Morgan fingerprint density at radius 3 is 2.24 bits per heavy atom. The molecule has 0 aliphatic rings. The third kappa shape index (κ3) is 5.53. The van der Waals surface area contributed by atoms with E-state index in [-0.39, 0.29) is 5.75 Å². The molecule has 29 heavy (non-hydrogen) atoms. The van der Waals surface area contributed by atoms with Gasteiger partial charge in [-0.2, -0.15) is 0 Å². The quantitative estimate of drug-likeness (QED) is 0.490. The number of halogens is 3. The first-order chi connectivity index (χ1) is 13.8. The molecule has 0 fully saturated rings. The van der Waals surface area contributed by atoms with E-state index in [1.54, 1.807) is 24.3 Å². The van der Waals surface area contributed by atoms with Crippen molar-refractivity contribution in [2.24, 2.45) is 0 Å². The lowest BCUT2D eigenvalue weighted by molar-refractivity contribution is -0.274. The molecule has 0 unspecified atom stereocenters. The SMILES string of the molecule is CC.CCn1c(Cc2ccc(OC(F)(F)F)cc2)cc2cc(C(=O)OC)ccc21. The highest BCUT2D eigenvalue weighted by atomic mass is 19.4. The summed E-state index contributed by atoms with van der Waals surface area (Å²) >= 11 is 0. The van der Waals surface area contributed by atoms with E-state index in [0.29, 0.717) is 12.0 Å². The highest BCUT2D eigenvalue weighted by Crippen LogP contribution is 2.26. The highest BCUT2D eigenvalue weighted by Gasteiger charge is 2.30. The zero-order chi connectivity index (χ0) is 21.6. The number of nitrogens with zero attached hydrogens (tertiary/aromatic N) is 1. The maximum absolute atomic E-state index is 12.3. The van der Waals surface area contributed by atoms with Crippen LogP contribution in [0.2, 0.25) is 0 Å². The van der Waals surface area contributed by atoms with Crippen LogP contribution in [0.1, 0.15) is 42.4 Å². The van der Waals surface area contributed by atoms with Gasteiger partial charge < -0.3 is 14.0 Å². The van der Waals surface area contributed by atoms with E-state index in [2.05, 4.69) is 9.30 Å². The van der Waals surface area contributed by atoms with Gasteiger partial charge in [0.25, 0.3) is 0 Å². The van der Waals surface area contributed by atoms with Crippen molar-refractivity contribution in [2.45, 2.75) is 40.1 Å². The van der Waals surface area contributed by atoms with Crippen molar-refractivity contribution >= 4 is 16.9 Å². The summed E-state index contributed by atoms with van der Waals surface area (Å²) in [6.07, 6.45) is -4.16. The minimum Gasteiger partial charge on any atom is -0.465 e. The molecule has 7 heteroatoms. The lowest BCUT2D eigenvalue weighted by atomic mass is 10.1. The lowest BCUT2D eigenvalue weighted by Crippen LogP contribution is -2.17. The molecule has 0 aliphatic heterocycles. The topological polar surface area (TPSA) is 40.5 Å². The smallest absolute Gasteiger partial charge is 0.465 e. The molecule has 0 N–H and O–H groups in total. The number of esters is 1. The molecule has 0 amide bonds. The normalized spacial score (nSPS) is 11.0. The number of aromatic nitrogens is 1. The fraction of sp³-hybridized carbons (Fsp3) is 0.318. The molecule has 3 aromatic rings. The van der Waals surface area contributed by atoms with E-state index >= 15 is 0 Å². The molecular formula is C22H24F3NO3. The number of aryl methyl sites for hydroxylation is 1. The summed E-state index contributed by atoms with van der Waals surface area (Å²) in [5, 5.41) is 0.909. The van der Waals surface area contributed by atoms with Gasteiger partial charge in [0.2, 0.25) is 0 Å². The molecular weight excluding hydrogens is 383 g/mol. The van der Waals surface area contributed by atoms with Crippen LogP contribution in [0.3, 0.4) is 0 Å². The largest absolute Gasteiger partial charge is 0.573 e. The van der Waals surface area contributed by atoms with Crippen molar-refractivity contribution in [3.05, 3.63) is 65.4 Å². The van der Waals surface area contributed by atoms with Crippen LogP contribution in [0.15, 0.2) is 48.5 Å². The van der Waals surface area contributed by atoms with Gasteiger partial charge in [-0.3, -0.25) is 0 Å². The van der Waals surface area contributed by atoms with Gasteiger partial charge >= 0.3 is 12.3 Å². The second-order valence-corrected chi connectivity index (χ2v) is 6.01. The summed E-state index contributed by atoms with van der Waals surface area (Å²) in [4.78, 5) is 11.7. The molecule has 0 spiro atoms. The number of alkyl halides is 3. The Bertz CT molecular complexity index is 960. The van der Waals surface area contributed by atoms with Gasteiger partial charge in [-0.15, -0.1) is 13.2 Å². The molecule has 0 bridgehead atoms. The zero-order valence-corrected chi connectivity index (χ0v) is 16.8. The van der Waals surface area contributed by atoms with Crippen molar-refractivity contribution in [1.29, 1.82) is 0 Å². The second-order valence-electron chi connectivity index (χ2n) is 6.01. The number of methoxy groups -OCH3 is 1. The third-order valence-electron chi connectivity index (χ3n) is 4.27. The minimum absolute atomic E-state index is 0.245. The number of carbonyl (C=O) groups is 1. The van der Waals surface area contributed by atoms with Crippen LogP contribution in [0, 0.1) is 0 Å². The van der Waals surface area contributed by atoms with E-state index < -0.39 is 12.3 Å². The van der Waals surface area contributed by atoms with Crippen LogP contribution in [-0.2, 0) is 17.7 Å². The Kier molecular flexibility index (Phi) is 7.31. The van der Waals surface area contributed by atoms with Gasteiger partial charge in [-0.1, -0.05) is 26.0 Å². The van der Waals surface area contributed by atoms with Crippen LogP contribution in [0.4, 0.5) is 13.2 Å². The van der Waals surface area contributed by atoms with Crippen molar-refractivity contribution in [3.8, 4) is 5.75 Å². The molecule has 0 radical (unpaired) electrons. The Labute approximate surface area is 167 Å². The Balaban J connectivity index is 0.00000145. The molecule has 2 aromatic carbocycles. The number of fused-ring (bicyclic) bond motifs is 1. The summed E-state index contributed by atoms with van der Waals surface area (Å²) < 4.78 is 47.5. The molecule has 1 aromatic heterocycles. The van der Waals surface area contributed by atoms with E-state index in [1.165, 1.54) is 19.2 Å². The van der Waals surface area contributed by atoms with Gasteiger partial charge in [-0.25, -0.2) is 4.79 Å². The van der Waals surface area contributed by atoms with Crippen molar-refractivity contribution < 1.29 is 27.4 Å². The third-order valence-corrected chi connectivity index (χ3v) is 4.27. The van der Waals surface area contributed by atoms with Crippen molar-refractivity contribution in [3.63, 3.8) is 0 Å².